The van der Waals surface area contributed by atoms with Gasteiger partial charge in [-0.1, -0.05) is 19.4 Å². The maximum absolute atomic E-state index is 4.53. The van der Waals surface area contributed by atoms with Crippen molar-refractivity contribution >= 4 is 17.4 Å². The first-order valence-corrected chi connectivity index (χ1v) is 6.38. The van der Waals surface area contributed by atoms with Gasteiger partial charge >= 0.3 is 0 Å². The molecular formula is C12H16N2S. The molecule has 0 saturated carbocycles. The molecule has 0 spiro atoms. The predicted octanol–water partition coefficient (Wildman–Crippen LogP) is 3.53. The molecule has 0 fully saturated rings. The minimum absolute atomic E-state index is 1.05. The van der Waals surface area contributed by atoms with E-state index in [1.807, 2.05) is 17.8 Å². The Morgan fingerprint density at radius 1 is 1.40 bits per heavy atom. The van der Waals surface area contributed by atoms with Gasteiger partial charge in [-0.25, -0.2) is 4.98 Å². The normalized spacial score (nSPS) is 11.1. The summed E-state index contributed by atoms with van der Waals surface area (Å²) >= 11 is 1.91. The van der Waals surface area contributed by atoms with Crippen LogP contribution in [0, 0.1) is 6.92 Å². The third-order valence-corrected chi connectivity index (χ3v) is 3.64. The van der Waals surface area contributed by atoms with E-state index in [-0.39, 0.29) is 0 Å². The van der Waals surface area contributed by atoms with Gasteiger partial charge in [0, 0.05) is 6.20 Å². The SMILES string of the molecule is CCCCSc1c(C)nc2ccccn12. The molecule has 2 heterocycles. The van der Waals surface area contributed by atoms with Crippen molar-refractivity contribution in [3.63, 3.8) is 0 Å². The number of aromatic nitrogens is 2. The number of pyridine rings is 1. The quantitative estimate of drug-likeness (QED) is 0.579. The summed E-state index contributed by atoms with van der Waals surface area (Å²) in [6, 6.07) is 6.14. The van der Waals surface area contributed by atoms with Crippen LogP contribution < -0.4 is 0 Å². The third kappa shape index (κ3) is 2.17. The molecular weight excluding hydrogens is 204 g/mol. The monoisotopic (exact) mass is 220 g/mol. The largest absolute Gasteiger partial charge is 0.294 e. The van der Waals surface area contributed by atoms with E-state index in [9.17, 15) is 0 Å². The van der Waals surface area contributed by atoms with Crippen molar-refractivity contribution in [2.24, 2.45) is 0 Å². The summed E-state index contributed by atoms with van der Waals surface area (Å²) in [6.45, 7) is 4.31. The topological polar surface area (TPSA) is 17.3 Å². The molecule has 0 atom stereocenters. The molecule has 0 bridgehead atoms. The number of hydrogen-bond donors (Lipinski definition) is 0. The Labute approximate surface area is 94.7 Å². The first-order valence-electron chi connectivity index (χ1n) is 5.39. The molecule has 3 heteroatoms. The van der Waals surface area contributed by atoms with Gasteiger partial charge in [0.15, 0.2) is 0 Å². The van der Waals surface area contributed by atoms with E-state index in [0.717, 1.165) is 11.3 Å². The summed E-state index contributed by atoms with van der Waals surface area (Å²) in [5.74, 6) is 1.18. The molecule has 80 valence electrons. The average Bonchev–Trinajstić information content (AvgIpc) is 2.56. The van der Waals surface area contributed by atoms with Crippen molar-refractivity contribution in [2.45, 2.75) is 31.7 Å². The first kappa shape index (κ1) is 10.6. The fourth-order valence-electron chi connectivity index (χ4n) is 1.58. The smallest absolute Gasteiger partial charge is 0.137 e. The lowest BCUT2D eigenvalue weighted by Crippen LogP contribution is -1.87. The Hall–Kier alpha value is -0.960. The predicted molar refractivity (Wildman–Crippen MR) is 65.6 cm³/mol. The summed E-state index contributed by atoms with van der Waals surface area (Å²) in [6.07, 6.45) is 4.61. The van der Waals surface area contributed by atoms with Gasteiger partial charge in [0.25, 0.3) is 0 Å². The molecule has 2 aromatic heterocycles. The van der Waals surface area contributed by atoms with E-state index in [1.165, 1.54) is 23.6 Å². The minimum Gasteiger partial charge on any atom is -0.294 e. The van der Waals surface area contributed by atoms with Gasteiger partial charge in [-0.15, -0.1) is 11.8 Å². The Morgan fingerprint density at radius 3 is 3.07 bits per heavy atom. The van der Waals surface area contributed by atoms with E-state index in [4.69, 9.17) is 0 Å². The van der Waals surface area contributed by atoms with Crippen LogP contribution in [-0.2, 0) is 0 Å². The zero-order chi connectivity index (χ0) is 10.7. The number of hydrogen-bond acceptors (Lipinski definition) is 2. The summed E-state index contributed by atoms with van der Waals surface area (Å²) in [4.78, 5) is 4.53. The fourth-order valence-corrected chi connectivity index (χ4v) is 2.75. The lowest BCUT2D eigenvalue weighted by atomic mass is 10.4. The van der Waals surface area contributed by atoms with Crippen LogP contribution in [0.15, 0.2) is 29.4 Å². The highest BCUT2D eigenvalue weighted by atomic mass is 32.2. The molecule has 0 saturated heterocycles. The highest BCUT2D eigenvalue weighted by Crippen LogP contribution is 2.24. The van der Waals surface area contributed by atoms with Gasteiger partial charge in [-0.05, 0) is 31.2 Å². The summed E-state index contributed by atoms with van der Waals surface area (Å²) in [7, 11) is 0. The number of nitrogens with zero attached hydrogens (tertiary/aromatic N) is 2. The van der Waals surface area contributed by atoms with Crippen molar-refractivity contribution < 1.29 is 0 Å². The van der Waals surface area contributed by atoms with Crippen LogP contribution in [0.3, 0.4) is 0 Å². The summed E-state index contributed by atoms with van der Waals surface area (Å²) < 4.78 is 2.18. The van der Waals surface area contributed by atoms with Crippen molar-refractivity contribution in [1.82, 2.24) is 9.38 Å². The van der Waals surface area contributed by atoms with E-state index < -0.39 is 0 Å². The van der Waals surface area contributed by atoms with Crippen molar-refractivity contribution in [2.75, 3.05) is 5.75 Å². The number of unbranched alkanes of at least 4 members (excludes halogenated alkanes) is 1. The van der Waals surface area contributed by atoms with Gasteiger partial charge in [-0.3, -0.25) is 4.40 Å². The van der Waals surface area contributed by atoms with Crippen LogP contribution in [0.25, 0.3) is 5.65 Å². The zero-order valence-corrected chi connectivity index (χ0v) is 10.0. The number of fused-ring (bicyclic) bond motifs is 1. The van der Waals surface area contributed by atoms with Crippen molar-refractivity contribution in [3.8, 4) is 0 Å². The maximum Gasteiger partial charge on any atom is 0.137 e. The lowest BCUT2D eigenvalue weighted by molar-refractivity contribution is 0.892. The van der Waals surface area contributed by atoms with Crippen LogP contribution in [0.5, 0.6) is 0 Å². The molecule has 0 aliphatic heterocycles. The number of imidazole rings is 1. The van der Waals surface area contributed by atoms with E-state index in [1.54, 1.807) is 0 Å². The Balaban J connectivity index is 2.28. The average molecular weight is 220 g/mol. The second-order valence-corrected chi connectivity index (χ2v) is 4.72. The fraction of sp³-hybridized carbons (Fsp3) is 0.417. The van der Waals surface area contributed by atoms with Crippen LogP contribution in [-0.4, -0.2) is 15.1 Å². The van der Waals surface area contributed by atoms with Gasteiger partial charge in [0.05, 0.1) is 5.69 Å². The summed E-state index contributed by atoms with van der Waals surface area (Å²) in [5, 5.41) is 1.29. The molecule has 0 unspecified atom stereocenters. The lowest BCUT2D eigenvalue weighted by Gasteiger charge is -2.01. The van der Waals surface area contributed by atoms with Gasteiger partial charge in [-0.2, -0.15) is 0 Å². The van der Waals surface area contributed by atoms with Crippen molar-refractivity contribution in [3.05, 3.63) is 30.1 Å². The van der Waals surface area contributed by atoms with Gasteiger partial charge in [0.2, 0.25) is 0 Å². The molecule has 2 rings (SSSR count). The zero-order valence-electron chi connectivity index (χ0n) is 9.23. The highest BCUT2D eigenvalue weighted by Gasteiger charge is 2.07. The van der Waals surface area contributed by atoms with Crippen LogP contribution in [0.2, 0.25) is 0 Å². The Kier molecular flexibility index (Phi) is 3.31. The van der Waals surface area contributed by atoms with E-state index in [2.05, 4.69) is 41.6 Å². The maximum atomic E-state index is 4.53. The number of thioether (sulfide) groups is 1. The molecule has 0 aliphatic carbocycles. The molecule has 0 N–H and O–H groups in total. The van der Waals surface area contributed by atoms with Crippen LogP contribution in [0.4, 0.5) is 0 Å². The molecule has 0 aromatic carbocycles. The first-order chi connectivity index (χ1) is 7.33. The standard InChI is InChI=1S/C12H16N2S/c1-3-4-9-15-12-10(2)13-11-7-5-6-8-14(11)12/h5-8H,3-4,9H2,1-2H3. The Bertz CT molecular complexity index is 448. The van der Waals surface area contributed by atoms with Crippen LogP contribution in [0.1, 0.15) is 25.5 Å². The molecule has 0 amide bonds. The molecule has 2 nitrogen and oxygen atoms in total. The van der Waals surface area contributed by atoms with Gasteiger partial charge in [0.1, 0.15) is 10.7 Å². The Morgan fingerprint density at radius 2 is 2.27 bits per heavy atom. The summed E-state index contributed by atoms with van der Waals surface area (Å²) in [5.41, 5.74) is 2.19. The van der Waals surface area contributed by atoms with Crippen LogP contribution >= 0.6 is 11.8 Å². The van der Waals surface area contributed by atoms with E-state index in [0.29, 0.717) is 0 Å². The third-order valence-electron chi connectivity index (χ3n) is 2.39. The number of rotatable bonds is 4. The molecule has 0 aliphatic rings. The minimum atomic E-state index is 1.05. The van der Waals surface area contributed by atoms with E-state index >= 15 is 0 Å². The number of aryl methyl sites for hydroxylation is 1. The molecule has 15 heavy (non-hydrogen) atoms. The second kappa shape index (κ2) is 4.71. The second-order valence-electron chi connectivity index (χ2n) is 3.63. The molecule has 2 aromatic rings. The highest BCUT2D eigenvalue weighted by molar-refractivity contribution is 7.99. The molecule has 0 radical (unpaired) electrons. The van der Waals surface area contributed by atoms with Crippen molar-refractivity contribution in [1.29, 1.82) is 0 Å². The van der Waals surface area contributed by atoms with Gasteiger partial charge < -0.3 is 0 Å².